The second-order valence-corrected chi connectivity index (χ2v) is 23.9. The number of hydrogen-bond acceptors (Lipinski definition) is 23. The average molecular weight is 1220 g/mol. The van der Waals surface area contributed by atoms with E-state index in [9.17, 15) is 69.4 Å². The van der Waals surface area contributed by atoms with Crippen molar-refractivity contribution in [1.82, 2.24) is 31.5 Å². The minimum absolute atomic E-state index is 0.0528. The largest absolute Gasteiger partial charge is 0.465 e. The lowest BCUT2D eigenvalue weighted by atomic mass is 9.82. The lowest BCUT2D eigenvalue weighted by Crippen LogP contribution is -2.71. The number of hydrogen-bond donors (Lipinski definition) is 9. The van der Waals surface area contributed by atoms with Gasteiger partial charge in [0.1, 0.15) is 71.9 Å². The summed E-state index contributed by atoms with van der Waals surface area (Å²) in [5.41, 5.74) is -4.34. The van der Waals surface area contributed by atoms with E-state index in [1.807, 2.05) is 0 Å². The van der Waals surface area contributed by atoms with Crippen LogP contribution in [0.4, 0.5) is 30.6 Å². The highest BCUT2D eigenvalue weighted by atomic mass is 16.7. The van der Waals surface area contributed by atoms with E-state index in [2.05, 4.69) is 26.6 Å². The molecule has 12 atom stereocenters. The van der Waals surface area contributed by atoms with Crippen molar-refractivity contribution in [3.8, 4) is 0 Å². The summed E-state index contributed by atoms with van der Waals surface area (Å²) < 4.78 is 52.4. The summed E-state index contributed by atoms with van der Waals surface area (Å²) in [6.07, 6.45) is -16.1. The summed E-state index contributed by atoms with van der Waals surface area (Å²) in [4.78, 5) is 102. The number of carbonyl (C=O) groups is 6. The number of nitrogens with one attached hydrogen (secondary N) is 5. The Bertz CT molecular complexity index is 2710. The van der Waals surface area contributed by atoms with Crippen LogP contribution < -0.4 is 26.6 Å². The smallest absolute Gasteiger partial charge is 0.410 e. The highest BCUT2D eigenvalue weighted by Crippen LogP contribution is 2.35. The summed E-state index contributed by atoms with van der Waals surface area (Å²) >= 11 is 0. The van der Waals surface area contributed by atoms with Gasteiger partial charge in [-0.25, -0.2) is 19.2 Å². The quantitative estimate of drug-likeness (QED) is 0.0465. The fraction of sp³-hybridized carbons (Fsp3) is 0.636. The zero-order chi connectivity index (χ0) is 64.1. The van der Waals surface area contributed by atoms with Crippen LogP contribution >= 0.6 is 0 Å². The van der Waals surface area contributed by atoms with E-state index in [1.165, 1.54) is 68.6 Å². The van der Waals surface area contributed by atoms with Gasteiger partial charge < -0.3 is 94.5 Å². The van der Waals surface area contributed by atoms with Gasteiger partial charge in [-0.05, 0) is 130 Å². The molecule has 1 aliphatic carbocycles. The molecular formula is C55H80N8O23. The summed E-state index contributed by atoms with van der Waals surface area (Å²) in [6, 6.07) is 5.11. The van der Waals surface area contributed by atoms with E-state index >= 15 is 0 Å². The molecule has 31 heteroatoms. The number of benzene rings is 2. The van der Waals surface area contributed by atoms with E-state index in [4.69, 9.17) is 42.6 Å². The third kappa shape index (κ3) is 21.5. The van der Waals surface area contributed by atoms with Crippen molar-refractivity contribution in [2.24, 2.45) is 0 Å². The number of nitrogens with zero attached hydrogens (tertiary/aromatic N) is 3. The van der Waals surface area contributed by atoms with Gasteiger partial charge in [0.2, 0.25) is 18.1 Å². The molecule has 31 nitrogen and oxygen atoms in total. The maximum Gasteiger partial charge on any atom is 0.410 e. The number of nitro benzene ring substituents is 2. The molecule has 1 saturated carbocycles. The fourth-order valence-corrected chi connectivity index (χ4v) is 9.09. The molecule has 2 heterocycles. The van der Waals surface area contributed by atoms with Crippen molar-refractivity contribution in [1.29, 1.82) is 0 Å². The lowest BCUT2D eigenvalue weighted by Gasteiger charge is -2.50. The topological polar surface area (TPSA) is 416 Å². The van der Waals surface area contributed by atoms with Crippen molar-refractivity contribution in [2.75, 3.05) is 33.4 Å². The van der Waals surface area contributed by atoms with E-state index in [0.29, 0.717) is 11.1 Å². The summed E-state index contributed by atoms with van der Waals surface area (Å²) in [6.45, 7) is 13.7. The number of amides is 6. The van der Waals surface area contributed by atoms with Gasteiger partial charge in [0.05, 0.1) is 53.8 Å². The molecule has 5 rings (SSSR count). The Morgan fingerprint density at radius 2 is 1.24 bits per heavy atom. The van der Waals surface area contributed by atoms with E-state index < -0.39 is 155 Å². The predicted octanol–water partition coefficient (Wildman–Crippen LogP) is 2.95. The molecular weight excluding hydrogens is 1140 g/mol. The maximum absolute atomic E-state index is 14.0. The van der Waals surface area contributed by atoms with Gasteiger partial charge in [-0.15, -0.1) is 0 Å². The number of likely N-dealkylation sites (N-methyl/N-ethyl adjacent to an activating group) is 1. The highest BCUT2D eigenvalue weighted by Gasteiger charge is 2.55. The molecule has 2 aromatic rings. The zero-order valence-corrected chi connectivity index (χ0v) is 49.8. The third-order valence-electron chi connectivity index (χ3n) is 13.0. The van der Waals surface area contributed by atoms with Crippen LogP contribution in [0.3, 0.4) is 0 Å². The van der Waals surface area contributed by atoms with Crippen molar-refractivity contribution < 1.29 is 102 Å². The number of rotatable bonds is 22. The molecule has 3 aliphatic rings. The van der Waals surface area contributed by atoms with Crippen LogP contribution in [-0.2, 0) is 65.4 Å². The zero-order valence-electron chi connectivity index (χ0n) is 49.8. The van der Waals surface area contributed by atoms with Crippen LogP contribution in [0.5, 0.6) is 0 Å². The summed E-state index contributed by atoms with van der Waals surface area (Å²) in [5, 5.41) is 82.8. The minimum atomic E-state index is -2.06. The van der Waals surface area contributed by atoms with Crippen LogP contribution in [0.25, 0.3) is 0 Å². The average Bonchev–Trinajstić information content (AvgIpc) is 0.885. The Labute approximate surface area is 495 Å². The molecule has 0 unspecified atom stereocenters. The van der Waals surface area contributed by atoms with Gasteiger partial charge in [0.25, 0.3) is 11.4 Å². The lowest BCUT2D eigenvalue weighted by molar-refractivity contribution is -0.385. The van der Waals surface area contributed by atoms with Gasteiger partial charge in [-0.2, -0.15) is 0 Å². The summed E-state index contributed by atoms with van der Waals surface area (Å²) in [7, 11) is 1.26. The van der Waals surface area contributed by atoms with Crippen molar-refractivity contribution in [3.63, 3.8) is 0 Å². The first-order valence-electron chi connectivity index (χ1n) is 27.5. The number of alkyl carbamates (subject to hydrolysis) is 3. The Morgan fingerprint density at radius 1 is 0.721 bits per heavy atom. The van der Waals surface area contributed by atoms with E-state index in [1.54, 1.807) is 62.3 Å². The first-order valence-corrected chi connectivity index (χ1v) is 27.5. The van der Waals surface area contributed by atoms with Crippen molar-refractivity contribution >= 4 is 47.6 Å². The van der Waals surface area contributed by atoms with Crippen LogP contribution in [0, 0.1) is 20.2 Å². The van der Waals surface area contributed by atoms with Crippen LogP contribution in [0.2, 0.25) is 0 Å². The fourth-order valence-electron chi connectivity index (χ4n) is 9.09. The maximum atomic E-state index is 14.0. The Morgan fingerprint density at radius 3 is 1.80 bits per heavy atom. The first-order chi connectivity index (χ1) is 40.0. The number of non-ortho nitro benzene ring substituents is 2. The minimum Gasteiger partial charge on any atom is -0.465 e. The molecule has 2 aromatic carbocycles. The molecule has 1 saturated heterocycles. The number of ether oxygens (including phenoxy) is 9. The van der Waals surface area contributed by atoms with Gasteiger partial charge in [-0.3, -0.25) is 29.8 Å². The Kier molecular flexibility index (Phi) is 23.9. The molecule has 478 valence electrons. The Balaban J connectivity index is 1.48. The molecule has 2 fully saturated rings. The van der Waals surface area contributed by atoms with Crippen LogP contribution in [0.15, 0.2) is 60.4 Å². The van der Waals surface area contributed by atoms with Crippen molar-refractivity contribution in [3.05, 3.63) is 91.7 Å². The summed E-state index contributed by atoms with van der Waals surface area (Å²) in [5.74, 6) is -1.63. The third-order valence-corrected chi connectivity index (χ3v) is 13.0. The first kappa shape index (κ1) is 69.3. The second-order valence-electron chi connectivity index (χ2n) is 23.9. The van der Waals surface area contributed by atoms with Crippen molar-refractivity contribution in [2.45, 2.75) is 191 Å². The number of carbonyl (C=O) groups excluding carboxylic acids is 6. The van der Waals surface area contributed by atoms with E-state index in [0.717, 1.165) is 4.90 Å². The standard InChI is InChI=1S/C55H80N8O23/c1-52(2,3)84-48(69)56-23-22-38(64)45(68)58-36-24-37(60-50(71)85-53(4,5)6)43(40(66)42(36)83-47-41(67)44(55(10,73)29-80-47)61(11)51(72)86-54(7,8)9)82-46-35(59-49(70)79-27-31-14-18-33(19-15-31)63(76)77)21-20-34(81-46)25-57-39(65)28-78-26-30-12-16-32(17-13-30)62(74)75/h12-20,35-38,40-44,46-47,64,66-67,73H,21-29H2,1-11H3,(H,56,69)(H,57,65)(H,58,68)(H,59,70)(H,60,71)/t35-,36-,37+,38+,40-,41-,42+,43-,44-,46-,47-,55+/m1/s1. The monoisotopic (exact) mass is 1220 g/mol. The molecule has 6 amide bonds. The van der Waals surface area contributed by atoms with Crippen LogP contribution in [-0.4, -0.2) is 194 Å². The number of nitro groups is 2. The SMILES string of the molecule is CN(C(=O)OC(C)(C)C)[C@@H]1[C@@H](O)[C@@H](O[C@@H]2[C@@H](O)[C@H](O[C@H]3OC(CNC(=O)COCc4ccc([N+](=O)[O-])cc4)=CC[C@H]3NC(=O)OCc3ccc([N+](=O)[O-])cc3)[C@@H](NC(=O)OC(C)(C)C)C[C@H]2NC(=O)[C@@H](O)CCNC(=O)OC(C)(C)C)OC[C@]1(C)O. The van der Waals surface area contributed by atoms with Gasteiger partial charge >= 0.3 is 24.4 Å². The molecule has 2 aliphatic heterocycles. The number of aliphatic hydroxyl groups excluding tert-OH is 3. The predicted molar refractivity (Wildman–Crippen MR) is 298 cm³/mol. The van der Waals surface area contributed by atoms with Gasteiger partial charge in [-0.1, -0.05) is 0 Å². The molecule has 0 spiro atoms. The molecule has 0 aromatic heterocycles. The Hall–Kier alpha value is -7.52. The van der Waals surface area contributed by atoms with Crippen LogP contribution in [0.1, 0.15) is 99.6 Å². The number of aliphatic hydroxyl groups is 4. The second kappa shape index (κ2) is 29.7. The van der Waals surface area contributed by atoms with Gasteiger partial charge in [0.15, 0.2) is 6.29 Å². The van der Waals surface area contributed by atoms with Gasteiger partial charge in [0, 0.05) is 37.9 Å². The molecule has 86 heavy (non-hydrogen) atoms. The normalized spacial score (nSPS) is 25.3. The van der Waals surface area contributed by atoms with E-state index in [-0.39, 0.29) is 56.3 Å². The molecule has 0 bridgehead atoms. The molecule has 9 N–H and O–H groups in total. The molecule has 0 radical (unpaired) electrons. The highest BCUT2D eigenvalue weighted by molar-refractivity contribution is 5.81.